The van der Waals surface area contributed by atoms with Gasteiger partial charge in [0.15, 0.2) is 5.82 Å². The number of carbonyl (C=O) groups excluding carboxylic acids is 1. The Hall–Kier alpha value is -3.51. The quantitative estimate of drug-likeness (QED) is 0.442. The highest BCUT2D eigenvalue weighted by Crippen LogP contribution is 2.48. The monoisotopic (exact) mass is 411 g/mol. The normalized spacial score (nSPS) is 18.0. The maximum absolute atomic E-state index is 12.5. The Morgan fingerprint density at radius 1 is 1.06 bits per heavy atom. The van der Waals surface area contributed by atoms with E-state index in [1.165, 1.54) is 11.1 Å². The van der Waals surface area contributed by atoms with E-state index >= 15 is 0 Å². The largest absolute Gasteiger partial charge is 0.326 e. The summed E-state index contributed by atoms with van der Waals surface area (Å²) in [5, 5.41) is 11.3. The third-order valence-electron chi connectivity index (χ3n) is 6.19. The van der Waals surface area contributed by atoms with Gasteiger partial charge in [0.1, 0.15) is 0 Å². The molecule has 0 spiro atoms. The van der Waals surface area contributed by atoms with Crippen molar-refractivity contribution in [3.8, 4) is 0 Å². The number of aromatic amines is 1. The van der Waals surface area contributed by atoms with Gasteiger partial charge in [-0.15, -0.1) is 0 Å². The van der Waals surface area contributed by atoms with Crippen molar-refractivity contribution in [2.45, 2.75) is 37.6 Å². The number of amides is 1. The SMILES string of the molecule is NCc1ccccc1[C@H]1C[C@@H](c2cc(NC(=O)Cc3ccc4ncccc4c3)n[nH]2)C1. The van der Waals surface area contributed by atoms with Crippen molar-refractivity contribution in [2.24, 2.45) is 5.73 Å². The molecule has 1 aliphatic rings. The van der Waals surface area contributed by atoms with Crippen molar-refractivity contribution in [1.82, 2.24) is 15.2 Å². The summed E-state index contributed by atoms with van der Waals surface area (Å²) in [7, 11) is 0. The van der Waals surface area contributed by atoms with Crippen LogP contribution in [0.3, 0.4) is 0 Å². The lowest BCUT2D eigenvalue weighted by atomic mass is 9.69. The second kappa shape index (κ2) is 8.32. The number of benzene rings is 2. The van der Waals surface area contributed by atoms with Crippen molar-refractivity contribution in [2.75, 3.05) is 5.32 Å². The first-order valence-electron chi connectivity index (χ1n) is 10.7. The van der Waals surface area contributed by atoms with Gasteiger partial charge < -0.3 is 11.1 Å². The predicted octanol–water partition coefficient (Wildman–Crippen LogP) is 4.26. The van der Waals surface area contributed by atoms with Crippen LogP contribution in [0.4, 0.5) is 5.82 Å². The molecule has 4 N–H and O–H groups in total. The Kier molecular flexibility index (Phi) is 5.22. The van der Waals surface area contributed by atoms with Crippen LogP contribution in [-0.4, -0.2) is 21.1 Å². The van der Waals surface area contributed by atoms with Crippen molar-refractivity contribution in [3.05, 3.63) is 89.2 Å². The number of nitrogens with one attached hydrogen (secondary N) is 2. The van der Waals surface area contributed by atoms with Crippen LogP contribution in [-0.2, 0) is 17.8 Å². The molecule has 5 rings (SSSR count). The zero-order valence-corrected chi connectivity index (χ0v) is 17.2. The number of nitrogens with zero attached hydrogens (tertiary/aromatic N) is 2. The van der Waals surface area contributed by atoms with Gasteiger partial charge >= 0.3 is 0 Å². The Labute approximate surface area is 180 Å². The first kappa shape index (κ1) is 19.5. The molecule has 2 aromatic heterocycles. The number of hydrogen-bond donors (Lipinski definition) is 3. The van der Waals surface area contributed by atoms with Crippen molar-refractivity contribution in [3.63, 3.8) is 0 Å². The van der Waals surface area contributed by atoms with Crippen LogP contribution in [0, 0.1) is 0 Å². The summed E-state index contributed by atoms with van der Waals surface area (Å²) < 4.78 is 0. The van der Waals surface area contributed by atoms with Gasteiger partial charge in [-0.1, -0.05) is 36.4 Å². The number of nitrogens with two attached hydrogens (primary N) is 1. The van der Waals surface area contributed by atoms with E-state index in [4.69, 9.17) is 5.73 Å². The number of H-pyrrole nitrogens is 1. The van der Waals surface area contributed by atoms with Crippen molar-refractivity contribution in [1.29, 1.82) is 0 Å². The summed E-state index contributed by atoms with van der Waals surface area (Å²) >= 11 is 0. The van der Waals surface area contributed by atoms with E-state index in [0.29, 0.717) is 30.6 Å². The highest BCUT2D eigenvalue weighted by molar-refractivity contribution is 5.92. The highest BCUT2D eigenvalue weighted by Gasteiger charge is 2.33. The van der Waals surface area contributed by atoms with E-state index in [2.05, 4.69) is 38.7 Å². The highest BCUT2D eigenvalue weighted by atomic mass is 16.1. The zero-order valence-electron chi connectivity index (χ0n) is 17.2. The summed E-state index contributed by atoms with van der Waals surface area (Å²) in [5.41, 5.74) is 11.4. The summed E-state index contributed by atoms with van der Waals surface area (Å²) in [5.74, 6) is 1.47. The second-order valence-electron chi connectivity index (χ2n) is 8.23. The molecule has 6 heteroatoms. The lowest BCUT2D eigenvalue weighted by Gasteiger charge is -2.36. The van der Waals surface area contributed by atoms with Gasteiger partial charge in [0.05, 0.1) is 11.9 Å². The van der Waals surface area contributed by atoms with Crippen LogP contribution < -0.4 is 11.1 Å². The molecular weight excluding hydrogens is 386 g/mol. The lowest BCUT2D eigenvalue weighted by molar-refractivity contribution is -0.115. The van der Waals surface area contributed by atoms with Crippen molar-refractivity contribution < 1.29 is 4.79 Å². The molecule has 0 unspecified atom stereocenters. The van der Waals surface area contributed by atoms with Crippen LogP contribution in [0.2, 0.25) is 0 Å². The summed E-state index contributed by atoms with van der Waals surface area (Å²) in [6.07, 6.45) is 4.20. The minimum absolute atomic E-state index is 0.0790. The van der Waals surface area contributed by atoms with E-state index in [1.54, 1.807) is 6.20 Å². The summed E-state index contributed by atoms with van der Waals surface area (Å²) in [6, 6.07) is 20.2. The molecule has 0 atom stereocenters. The maximum Gasteiger partial charge on any atom is 0.229 e. The van der Waals surface area contributed by atoms with E-state index < -0.39 is 0 Å². The lowest BCUT2D eigenvalue weighted by Crippen LogP contribution is -2.22. The van der Waals surface area contributed by atoms with E-state index in [-0.39, 0.29) is 5.91 Å². The number of rotatable bonds is 6. The summed E-state index contributed by atoms with van der Waals surface area (Å²) in [4.78, 5) is 16.8. The van der Waals surface area contributed by atoms with Crippen LogP contribution in [0.1, 0.15) is 47.1 Å². The molecule has 2 heterocycles. The third kappa shape index (κ3) is 4.07. The zero-order chi connectivity index (χ0) is 21.2. The molecule has 6 nitrogen and oxygen atoms in total. The molecule has 1 saturated carbocycles. The molecule has 31 heavy (non-hydrogen) atoms. The van der Waals surface area contributed by atoms with Crippen LogP contribution in [0.5, 0.6) is 0 Å². The molecule has 156 valence electrons. The van der Waals surface area contributed by atoms with Gasteiger partial charge in [-0.25, -0.2) is 0 Å². The molecule has 1 fully saturated rings. The molecule has 0 saturated heterocycles. The van der Waals surface area contributed by atoms with Crippen molar-refractivity contribution >= 4 is 22.6 Å². The molecule has 2 aromatic carbocycles. The van der Waals surface area contributed by atoms with Crippen LogP contribution in [0.15, 0.2) is 66.9 Å². The number of hydrogen-bond acceptors (Lipinski definition) is 4. The number of anilines is 1. The number of carbonyl (C=O) groups is 1. The molecule has 4 aromatic rings. The summed E-state index contributed by atoms with van der Waals surface area (Å²) in [6.45, 7) is 0.575. The Balaban J connectivity index is 1.19. The Bertz CT molecular complexity index is 1230. The fourth-order valence-corrected chi connectivity index (χ4v) is 4.46. The maximum atomic E-state index is 12.5. The third-order valence-corrected chi connectivity index (χ3v) is 6.19. The number of fused-ring (bicyclic) bond motifs is 1. The first-order chi connectivity index (χ1) is 15.2. The molecule has 0 radical (unpaired) electrons. The minimum Gasteiger partial charge on any atom is -0.326 e. The second-order valence-corrected chi connectivity index (χ2v) is 8.23. The Morgan fingerprint density at radius 3 is 2.81 bits per heavy atom. The standard InChI is InChI=1S/C25H25N5O/c26-15-18-4-1-2-6-21(18)19-12-20(13-19)23-14-24(30-29-23)28-25(31)11-16-7-8-22-17(10-16)5-3-9-27-22/h1-10,14,19-20H,11-13,15,26H2,(H2,28,29,30,31)/t19-,20+. The fraction of sp³-hybridized carbons (Fsp3) is 0.240. The Morgan fingerprint density at radius 2 is 1.94 bits per heavy atom. The van der Waals surface area contributed by atoms with Crippen LogP contribution >= 0.6 is 0 Å². The molecule has 0 bridgehead atoms. The van der Waals surface area contributed by atoms with Crippen LogP contribution in [0.25, 0.3) is 10.9 Å². The topological polar surface area (TPSA) is 96.7 Å². The average Bonchev–Trinajstić information content (AvgIpc) is 3.20. The minimum atomic E-state index is -0.0790. The van der Waals surface area contributed by atoms with Gasteiger partial charge in [0, 0.05) is 35.8 Å². The molecule has 1 amide bonds. The number of pyridine rings is 1. The van der Waals surface area contributed by atoms with E-state index in [1.807, 2.05) is 42.5 Å². The average molecular weight is 412 g/mol. The van der Waals surface area contributed by atoms with E-state index in [0.717, 1.165) is 35.0 Å². The molecule has 0 aliphatic heterocycles. The van der Waals surface area contributed by atoms with Gasteiger partial charge in [0.2, 0.25) is 5.91 Å². The van der Waals surface area contributed by atoms with Gasteiger partial charge in [-0.2, -0.15) is 5.10 Å². The smallest absolute Gasteiger partial charge is 0.229 e. The molecule has 1 aliphatic carbocycles. The number of aromatic nitrogens is 3. The first-order valence-corrected chi connectivity index (χ1v) is 10.7. The van der Waals surface area contributed by atoms with E-state index in [9.17, 15) is 4.79 Å². The predicted molar refractivity (Wildman–Crippen MR) is 122 cm³/mol. The molecular formula is C25H25N5O. The van der Waals surface area contributed by atoms with Gasteiger partial charge in [-0.3, -0.25) is 14.9 Å². The van der Waals surface area contributed by atoms with Gasteiger partial charge in [-0.05, 0) is 53.6 Å². The fourth-order valence-electron chi connectivity index (χ4n) is 4.46. The van der Waals surface area contributed by atoms with Gasteiger partial charge in [0.25, 0.3) is 0 Å².